The highest BCUT2D eigenvalue weighted by Crippen LogP contribution is 2.36. The Kier molecular flexibility index (Phi) is 6.19. The average Bonchev–Trinajstić information content (AvgIpc) is 3.27. The highest BCUT2D eigenvalue weighted by Gasteiger charge is 2.32. The van der Waals surface area contributed by atoms with Gasteiger partial charge in [0.15, 0.2) is 11.5 Å². The van der Waals surface area contributed by atoms with Crippen molar-refractivity contribution in [3.05, 3.63) is 56.9 Å². The molecule has 2 aliphatic rings. The number of nitrogens with zero attached hydrogens (tertiary/aromatic N) is 1. The Morgan fingerprint density at radius 3 is 2.70 bits per heavy atom. The summed E-state index contributed by atoms with van der Waals surface area (Å²) in [6.45, 7) is 0.333. The predicted octanol–water partition coefficient (Wildman–Crippen LogP) is 4.95. The number of fused-ring (bicyclic) bond motifs is 1. The molecule has 4 rings (SSSR count). The van der Waals surface area contributed by atoms with Crippen molar-refractivity contribution in [2.24, 2.45) is 0 Å². The molecule has 1 saturated heterocycles. The van der Waals surface area contributed by atoms with Crippen LogP contribution in [-0.4, -0.2) is 34.4 Å². The van der Waals surface area contributed by atoms with Crippen molar-refractivity contribution in [3.8, 4) is 11.5 Å². The molecule has 0 bridgehead atoms. The third-order valence-corrected chi connectivity index (χ3v) is 6.37. The number of carbonyl (C=O) groups excluding carboxylic acids is 2. The maximum absolute atomic E-state index is 12.8. The van der Waals surface area contributed by atoms with Gasteiger partial charge < -0.3 is 14.8 Å². The number of hydrogen-bond donors (Lipinski definition) is 1. The first-order chi connectivity index (χ1) is 14.4. The van der Waals surface area contributed by atoms with E-state index in [0.717, 1.165) is 5.56 Å². The van der Waals surface area contributed by atoms with Crippen molar-refractivity contribution < 1.29 is 19.1 Å². The van der Waals surface area contributed by atoms with E-state index in [1.165, 1.54) is 16.7 Å². The molecule has 0 aromatic heterocycles. The fourth-order valence-electron chi connectivity index (χ4n) is 2.88. The van der Waals surface area contributed by atoms with Crippen molar-refractivity contribution in [2.45, 2.75) is 6.42 Å². The summed E-state index contributed by atoms with van der Waals surface area (Å²) in [5.41, 5.74) is 1.14. The van der Waals surface area contributed by atoms with E-state index in [4.69, 9.17) is 44.9 Å². The number of rotatable bonds is 5. The van der Waals surface area contributed by atoms with Crippen LogP contribution in [0.2, 0.25) is 10.0 Å². The molecule has 154 valence electrons. The Hall–Kier alpha value is -2.26. The normalized spacial score (nSPS) is 16.5. The van der Waals surface area contributed by atoms with Crippen LogP contribution in [0.3, 0.4) is 0 Å². The molecule has 0 aliphatic carbocycles. The van der Waals surface area contributed by atoms with E-state index in [-0.39, 0.29) is 31.6 Å². The number of ether oxygens (including phenoxy) is 2. The largest absolute Gasteiger partial charge is 0.454 e. The van der Waals surface area contributed by atoms with E-state index in [1.807, 2.05) is 6.07 Å². The van der Waals surface area contributed by atoms with Gasteiger partial charge >= 0.3 is 0 Å². The monoisotopic (exact) mass is 480 g/mol. The van der Waals surface area contributed by atoms with Crippen LogP contribution in [0.1, 0.15) is 12.0 Å². The van der Waals surface area contributed by atoms with Gasteiger partial charge in [0.05, 0.1) is 20.6 Å². The van der Waals surface area contributed by atoms with Gasteiger partial charge in [-0.25, -0.2) is 0 Å². The maximum Gasteiger partial charge on any atom is 0.266 e. The topological polar surface area (TPSA) is 67.9 Å². The smallest absolute Gasteiger partial charge is 0.266 e. The van der Waals surface area contributed by atoms with Gasteiger partial charge in [-0.15, -0.1) is 0 Å². The summed E-state index contributed by atoms with van der Waals surface area (Å²) < 4.78 is 11.1. The summed E-state index contributed by atoms with van der Waals surface area (Å²) in [5.74, 6) is 0.739. The standard InChI is InChI=1S/C20H14Cl2N2O4S2/c21-12-2-1-3-13(22)18(12)23-17(25)6-7-24-19(26)16(30-20(24)29)9-11-4-5-14-15(8-11)28-10-27-14/h1-5,8-9H,6-7,10H2,(H,23,25)/b16-9-. The first-order valence-electron chi connectivity index (χ1n) is 8.81. The van der Waals surface area contributed by atoms with Crippen LogP contribution in [0.5, 0.6) is 11.5 Å². The number of halogens is 2. The summed E-state index contributed by atoms with van der Waals surface area (Å²) in [6, 6.07) is 10.4. The maximum atomic E-state index is 12.8. The summed E-state index contributed by atoms with van der Waals surface area (Å²) in [4.78, 5) is 27.0. The van der Waals surface area contributed by atoms with E-state index >= 15 is 0 Å². The lowest BCUT2D eigenvalue weighted by molar-refractivity contribution is -0.122. The molecule has 0 atom stereocenters. The minimum absolute atomic E-state index is 0.0469. The van der Waals surface area contributed by atoms with E-state index in [9.17, 15) is 9.59 Å². The molecule has 0 spiro atoms. The molecule has 0 saturated carbocycles. The molecular weight excluding hydrogens is 467 g/mol. The first-order valence-corrected chi connectivity index (χ1v) is 10.8. The van der Waals surface area contributed by atoms with E-state index in [1.54, 1.807) is 36.4 Å². The lowest BCUT2D eigenvalue weighted by atomic mass is 10.2. The SMILES string of the molecule is O=C(CCN1C(=O)/C(=C/c2ccc3c(c2)OCO3)SC1=S)Nc1c(Cl)cccc1Cl. The minimum atomic E-state index is -0.321. The number of thiocarbonyl (C=S) groups is 1. The zero-order chi connectivity index (χ0) is 21.3. The molecule has 1 fully saturated rings. The third kappa shape index (κ3) is 4.41. The van der Waals surface area contributed by atoms with Gasteiger partial charge in [-0.3, -0.25) is 14.5 Å². The zero-order valence-corrected chi connectivity index (χ0v) is 18.5. The molecule has 10 heteroatoms. The van der Waals surface area contributed by atoms with Gasteiger partial charge in [-0.05, 0) is 35.9 Å². The van der Waals surface area contributed by atoms with Crippen molar-refractivity contribution >= 4 is 75.1 Å². The van der Waals surface area contributed by atoms with Gasteiger partial charge in [0, 0.05) is 13.0 Å². The second kappa shape index (κ2) is 8.85. The molecule has 0 radical (unpaired) electrons. The molecule has 2 aromatic rings. The molecule has 2 aromatic carbocycles. The number of anilines is 1. The van der Waals surface area contributed by atoms with Gasteiger partial charge in [0.1, 0.15) is 4.32 Å². The Balaban J connectivity index is 1.40. The number of carbonyl (C=O) groups is 2. The van der Waals surface area contributed by atoms with Crippen LogP contribution in [0.15, 0.2) is 41.3 Å². The summed E-state index contributed by atoms with van der Waals surface area (Å²) in [7, 11) is 0. The van der Waals surface area contributed by atoms with Gasteiger partial charge in [0.25, 0.3) is 5.91 Å². The molecular formula is C20H14Cl2N2O4S2. The van der Waals surface area contributed by atoms with Gasteiger partial charge in [0.2, 0.25) is 12.7 Å². The van der Waals surface area contributed by atoms with E-state index in [2.05, 4.69) is 5.32 Å². The molecule has 30 heavy (non-hydrogen) atoms. The molecule has 2 amide bonds. The Bertz CT molecular complexity index is 1070. The number of thioether (sulfide) groups is 1. The number of para-hydroxylation sites is 1. The fraction of sp³-hybridized carbons (Fsp3) is 0.150. The van der Waals surface area contributed by atoms with Crippen LogP contribution in [0.25, 0.3) is 6.08 Å². The fourth-order valence-corrected chi connectivity index (χ4v) is 4.68. The van der Waals surface area contributed by atoms with Crippen molar-refractivity contribution in [3.63, 3.8) is 0 Å². The van der Waals surface area contributed by atoms with Crippen molar-refractivity contribution in [2.75, 3.05) is 18.7 Å². The van der Waals surface area contributed by atoms with Gasteiger partial charge in [-0.1, -0.05) is 59.3 Å². The summed E-state index contributed by atoms with van der Waals surface area (Å²) >= 11 is 18.6. The summed E-state index contributed by atoms with van der Waals surface area (Å²) in [6.07, 6.45) is 1.79. The van der Waals surface area contributed by atoms with Crippen LogP contribution in [0, 0.1) is 0 Å². The van der Waals surface area contributed by atoms with Crippen molar-refractivity contribution in [1.82, 2.24) is 4.90 Å². The van der Waals surface area contributed by atoms with Gasteiger partial charge in [-0.2, -0.15) is 0 Å². The van der Waals surface area contributed by atoms with E-state index in [0.29, 0.717) is 36.5 Å². The quantitative estimate of drug-likeness (QED) is 0.482. The second-order valence-electron chi connectivity index (χ2n) is 6.34. The Morgan fingerprint density at radius 1 is 1.20 bits per heavy atom. The molecule has 0 unspecified atom stereocenters. The Morgan fingerprint density at radius 2 is 1.93 bits per heavy atom. The number of amides is 2. The first kappa shape index (κ1) is 21.0. The zero-order valence-electron chi connectivity index (χ0n) is 15.3. The molecule has 2 aliphatic heterocycles. The molecule has 1 N–H and O–H groups in total. The number of hydrogen-bond acceptors (Lipinski definition) is 6. The van der Waals surface area contributed by atoms with Crippen LogP contribution < -0.4 is 14.8 Å². The van der Waals surface area contributed by atoms with Crippen LogP contribution >= 0.6 is 47.2 Å². The lowest BCUT2D eigenvalue weighted by Crippen LogP contribution is -2.31. The second-order valence-corrected chi connectivity index (χ2v) is 8.83. The van der Waals surface area contributed by atoms with Crippen LogP contribution in [0.4, 0.5) is 5.69 Å². The highest BCUT2D eigenvalue weighted by atomic mass is 35.5. The van der Waals surface area contributed by atoms with E-state index < -0.39 is 0 Å². The third-order valence-electron chi connectivity index (χ3n) is 4.36. The minimum Gasteiger partial charge on any atom is -0.454 e. The summed E-state index contributed by atoms with van der Waals surface area (Å²) in [5, 5.41) is 3.36. The highest BCUT2D eigenvalue weighted by molar-refractivity contribution is 8.26. The lowest BCUT2D eigenvalue weighted by Gasteiger charge is -2.15. The molecule has 2 heterocycles. The number of benzene rings is 2. The predicted molar refractivity (Wildman–Crippen MR) is 122 cm³/mol. The van der Waals surface area contributed by atoms with Crippen LogP contribution in [-0.2, 0) is 9.59 Å². The molecule has 6 nitrogen and oxygen atoms in total. The van der Waals surface area contributed by atoms with Crippen molar-refractivity contribution in [1.29, 1.82) is 0 Å². The average molecular weight is 481 g/mol. The number of nitrogens with one attached hydrogen (secondary N) is 1. The Labute approximate surface area is 192 Å².